The first-order chi connectivity index (χ1) is 13.8. The van der Waals surface area contributed by atoms with Crippen LogP contribution in [0.1, 0.15) is 5.56 Å². The molecule has 0 aliphatic carbocycles. The van der Waals surface area contributed by atoms with Crippen LogP contribution in [-0.4, -0.2) is 4.92 Å². The number of furan rings is 2. The molecule has 2 aromatic carbocycles. The molecule has 8 heteroatoms. The summed E-state index contributed by atoms with van der Waals surface area (Å²) in [6.07, 6.45) is -3.04. The molecule has 0 bridgehead atoms. The maximum Gasteiger partial charge on any atom is 0.416 e. The van der Waals surface area contributed by atoms with Gasteiger partial charge in [0.05, 0.1) is 16.1 Å². The minimum absolute atomic E-state index is 0.0268. The number of hydrogen-bond acceptors (Lipinski definition) is 4. The molecule has 5 nitrogen and oxygen atoms in total. The van der Waals surface area contributed by atoms with Gasteiger partial charge in [-0.15, -0.1) is 0 Å². The van der Waals surface area contributed by atoms with Crippen molar-refractivity contribution in [2.75, 3.05) is 0 Å². The molecule has 0 N–H and O–H groups in total. The van der Waals surface area contributed by atoms with Crippen molar-refractivity contribution in [3.05, 3.63) is 88.7 Å². The quantitative estimate of drug-likeness (QED) is 0.279. The minimum atomic E-state index is -4.44. The van der Waals surface area contributed by atoms with Crippen molar-refractivity contribution in [3.63, 3.8) is 0 Å². The van der Waals surface area contributed by atoms with Crippen molar-refractivity contribution in [1.29, 1.82) is 0 Å². The number of rotatable bonds is 4. The number of alkyl halides is 3. The third kappa shape index (κ3) is 3.77. The van der Waals surface area contributed by atoms with E-state index in [1.54, 1.807) is 30.3 Å². The second-order valence-corrected chi connectivity index (χ2v) is 6.25. The molecule has 4 rings (SSSR count). The molecule has 0 saturated heterocycles. The molecule has 0 spiro atoms. The molecule has 2 aromatic heterocycles. The first kappa shape index (κ1) is 18.5. The normalized spacial score (nSPS) is 11.6. The van der Waals surface area contributed by atoms with Crippen LogP contribution in [-0.2, 0) is 6.18 Å². The van der Waals surface area contributed by atoms with Crippen LogP contribution in [0.5, 0.6) is 0 Å². The Morgan fingerprint density at radius 2 is 1.48 bits per heavy atom. The molecule has 0 aliphatic rings. The van der Waals surface area contributed by atoms with Gasteiger partial charge >= 0.3 is 6.18 Å². The Kier molecular flexibility index (Phi) is 4.46. The van der Waals surface area contributed by atoms with Crippen LogP contribution in [0.3, 0.4) is 0 Å². The third-order valence-electron chi connectivity index (χ3n) is 4.33. The van der Waals surface area contributed by atoms with Gasteiger partial charge in [0.1, 0.15) is 23.5 Å². The van der Waals surface area contributed by atoms with Crippen LogP contribution in [0, 0.1) is 10.1 Å². The molecule has 0 radical (unpaired) electrons. The number of nitro groups is 1. The minimum Gasteiger partial charge on any atom is -0.464 e. The van der Waals surface area contributed by atoms with Crippen molar-refractivity contribution in [2.24, 2.45) is 0 Å². The summed E-state index contributed by atoms with van der Waals surface area (Å²) in [7, 11) is 0. The summed E-state index contributed by atoms with van der Waals surface area (Å²) < 4.78 is 49.9. The Morgan fingerprint density at radius 3 is 2.14 bits per heavy atom. The fraction of sp³-hybridized carbons (Fsp3) is 0.0476. The predicted octanol–water partition coefficient (Wildman–Crippen LogP) is 6.80. The van der Waals surface area contributed by atoms with Gasteiger partial charge in [-0.1, -0.05) is 12.1 Å². The van der Waals surface area contributed by atoms with Crippen molar-refractivity contribution < 1.29 is 26.9 Å². The average Bonchev–Trinajstić information content (AvgIpc) is 3.37. The highest BCUT2D eigenvalue weighted by molar-refractivity contribution is 5.69. The molecule has 146 valence electrons. The van der Waals surface area contributed by atoms with Crippen molar-refractivity contribution in [3.8, 4) is 34.0 Å². The van der Waals surface area contributed by atoms with Crippen molar-refractivity contribution in [1.82, 2.24) is 0 Å². The van der Waals surface area contributed by atoms with Crippen LogP contribution < -0.4 is 0 Å². The van der Waals surface area contributed by atoms with Gasteiger partial charge in [-0.25, -0.2) is 0 Å². The summed E-state index contributed by atoms with van der Waals surface area (Å²) in [5.41, 5.74) is 0.731. The van der Waals surface area contributed by atoms with E-state index in [1.807, 2.05) is 0 Å². The molecule has 0 atom stereocenters. The second-order valence-electron chi connectivity index (χ2n) is 6.25. The Balaban J connectivity index is 1.60. The topological polar surface area (TPSA) is 69.4 Å². The number of nitro benzene ring substituents is 1. The maximum absolute atomic E-state index is 12.9. The van der Waals surface area contributed by atoms with Gasteiger partial charge in [-0.3, -0.25) is 10.1 Å². The van der Waals surface area contributed by atoms with Gasteiger partial charge in [0.2, 0.25) is 0 Å². The Hall–Kier alpha value is -3.81. The summed E-state index contributed by atoms with van der Waals surface area (Å²) in [6.45, 7) is 0. The molecule has 0 aliphatic heterocycles. The maximum atomic E-state index is 12.9. The Morgan fingerprint density at radius 1 is 0.793 bits per heavy atom. The highest BCUT2D eigenvalue weighted by atomic mass is 19.4. The summed E-state index contributed by atoms with van der Waals surface area (Å²) >= 11 is 0. The number of hydrogen-bond donors (Lipinski definition) is 0. The fourth-order valence-corrected chi connectivity index (χ4v) is 2.86. The molecule has 0 fully saturated rings. The number of halogens is 3. The van der Waals surface area contributed by atoms with Gasteiger partial charge in [-0.2, -0.15) is 13.2 Å². The van der Waals surface area contributed by atoms with Gasteiger partial charge in [0.15, 0.2) is 0 Å². The number of nitrogens with zero attached hydrogens (tertiary/aromatic N) is 1. The van der Waals surface area contributed by atoms with Crippen LogP contribution in [0.2, 0.25) is 0 Å². The zero-order chi connectivity index (χ0) is 20.6. The van der Waals surface area contributed by atoms with E-state index in [4.69, 9.17) is 8.83 Å². The molecule has 0 amide bonds. The van der Waals surface area contributed by atoms with Crippen LogP contribution in [0.25, 0.3) is 34.0 Å². The molecule has 0 saturated carbocycles. The monoisotopic (exact) mass is 399 g/mol. The van der Waals surface area contributed by atoms with Gasteiger partial charge in [-0.05, 0) is 42.5 Å². The van der Waals surface area contributed by atoms with E-state index in [1.165, 1.54) is 30.5 Å². The average molecular weight is 399 g/mol. The number of non-ortho nitro benzene ring substituents is 1. The third-order valence-corrected chi connectivity index (χ3v) is 4.33. The molecule has 4 aromatic rings. The van der Waals surface area contributed by atoms with E-state index in [-0.39, 0.29) is 11.4 Å². The van der Waals surface area contributed by atoms with E-state index >= 15 is 0 Å². The lowest BCUT2D eigenvalue weighted by Crippen LogP contribution is -2.04. The van der Waals surface area contributed by atoms with Gasteiger partial charge < -0.3 is 8.83 Å². The van der Waals surface area contributed by atoms with E-state index in [9.17, 15) is 23.3 Å². The van der Waals surface area contributed by atoms with Gasteiger partial charge in [0, 0.05) is 23.3 Å². The second kappa shape index (κ2) is 6.97. The predicted molar refractivity (Wildman–Crippen MR) is 98.9 cm³/mol. The SMILES string of the molecule is O=[N+]([O-])c1ccc(-c2ccc(-c3coc(-c4cccc(C(F)(F)F)c4)c3)o2)cc1. The van der Waals surface area contributed by atoms with Crippen molar-refractivity contribution in [2.45, 2.75) is 6.18 Å². The lowest BCUT2D eigenvalue weighted by atomic mass is 10.1. The first-order valence-corrected chi connectivity index (χ1v) is 8.42. The smallest absolute Gasteiger partial charge is 0.416 e. The zero-order valence-corrected chi connectivity index (χ0v) is 14.6. The van der Waals surface area contributed by atoms with E-state index in [0.29, 0.717) is 28.2 Å². The highest BCUT2D eigenvalue weighted by Crippen LogP contribution is 2.35. The highest BCUT2D eigenvalue weighted by Gasteiger charge is 2.30. The van der Waals surface area contributed by atoms with Crippen LogP contribution in [0.15, 0.2) is 81.8 Å². The van der Waals surface area contributed by atoms with E-state index < -0.39 is 16.7 Å². The Labute approximate surface area is 162 Å². The first-order valence-electron chi connectivity index (χ1n) is 8.42. The molecule has 0 unspecified atom stereocenters. The van der Waals surface area contributed by atoms with Crippen LogP contribution in [0.4, 0.5) is 18.9 Å². The standard InChI is InChI=1S/C21H12F3NO4/c22-21(23,24)16-3-1-2-14(10-16)20-11-15(12-28-20)19-9-8-18(29-19)13-4-6-17(7-5-13)25(26)27/h1-12H. The number of benzene rings is 2. The zero-order valence-electron chi connectivity index (χ0n) is 14.6. The van der Waals surface area contributed by atoms with Crippen LogP contribution >= 0.6 is 0 Å². The molecule has 2 heterocycles. The summed E-state index contributed by atoms with van der Waals surface area (Å²) in [4.78, 5) is 10.3. The lowest BCUT2D eigenvalue weighted by molar-refractivity contribution is -0.384. The Bertz CT molecular complexity index is 1170. The molecular weight excluding hydrogens is 387 g/mol. The summed E-state index contributed by atoms with van der Waals surface area (Å²) in [5, 5.41) is 10.7. The molecular formula is C21H12F3NO4. The summed E-state index contributed by atoms with van der Waals surface area (Å²) in [6, 6.07) is 15.8. The van der Waals surface area contributed by atoms with Gasteiger partial charge in [0.25, 0.3) is 5.69 Å². The summed E-state index contributed by atoms with van der Waals surface area (Å²) in [5.74, 6) is 1.23. The molecule has 29 heavy (non-hydrogen) atoms. The van der Waals surface area contributed by atoms with E-state index in [0.717, 1.165) is 12.1 Å². The van der Waals surface area contributed by atoms with E-state index in [2.05, 4.69) is 0 Å². The largest absolute Gasteiger partial charge is 0.464 e. The lowest BCUT2D eigenvalue weighted by Gasteiger charge is -2.07. The van der Waals surface area contributed by atoms with Crippen molar-refractivity contribution >= 4 is 5.69 Å². The fourth-order valence-electron chi connectivity index (χ4n) is 2.86.